The van der Waals surface area contributed by atoms with Gasteiger partial charge in [0.15, 0.2) is 5.82 Å². The summed E-state index contributed by atoms with van der Waals surface area (Å²) in [6.07, 6.45) is 0.428. The van der Waals surface area contributed by atoms with Crippen LogP contribution in [-0.2, 0) is 10.0 Å². The van der Waals surface area contributed by atoms with Crippen LogP contribution in [0.25, 0.3) is 0 Å². The Morgan fingerprint density at radius 2 is 1.83 bits per heavy atom. The molecular formula is C12H21F2NO2S. The van der Waals surface area contributed by atoms with Gasteiger partial charge in [-0.2, -0.15) is 0 Å². The minimum Gasteiger partial charge on any atom is -0.281 e. The van der Waals surface area contributed by atoms with Crippen molar-refractivity contribution in [3.63, 3.8) is 0 Å². The van der Waals surface area contributed by atoms with Gasteiger partial charge in [0.05, 0.1) is 11.4 Å². The second-order valence-electron chi connectivity index (χ2n) is 3.45. The Morgan fingerprint density at radius 1 is 1.28 bits per heavy atom. The molecule has 0 atom stereocenters. The number of anilines is 1. The molecule has 1 aromatic carbocycles. The van der Waals surface area contributed by atoms with E-state index in [1.165, 1.54) is 6.92 Å². The Kier molecular flexibility index (Phi) is 6.83. The predicted molar refractivity (Wildman–Crippen MR) is 72.3 cm³/mol. The molecule has 0 fully saturated rings. The first-order valence-electron chi connectivity index (χ1n) is 5.82. The number of sulfonamides is 1. The first-order chi connectivity index (χ1) is 8.37. The van der Waals surface area contributed by atoms with Gasteiger partial charge in [0.1, 0.15) is 5.82 Å². The van der Waals surface area contributed by atoms with E-state index >= 15 is 0 Å². The lowest BCUT2D eigenvalue weighted by atomic mass is 10.2. The van der Waals surface area contributed by atoms with Crippen LogP contribution in [-0.4, -0.2) is 14.2 Å². The largest absolute Gasteiger partial charge is 0.281 e. The highest BCUT2D eigenvalue weighted by atomic mass is 32.2. The van der Waals surface area contributed by atoms with E-state index in [0.717, 1.165) is 12.1 Å². The molecule has 18 heavy (non-hydrogen) atoms. The molecule has 0 amide bonds. The molecule has 0 aliphatic heterocycles. The standard InChI is InChI=1S/C10H13F2NO2S.C2H6.H2/c1-3-6-16(14,15)13-9-5-4-8(11)7(2)10(9)12;1-2;/h4-5,13H,3,6H2,1-2H3;1-2H3;1H. The zero-order chi connectivity index (χ0) is 14.3. The van der Waals surface area contributed by atoms with Gasteiger partial charge < -0.3 is 0 Å². The smallest absolute Gasteiger partial charge is 0.232 e. The Balaban J connectivity index is 0. The predicted octanol–water partition coefficient (Wildman–Crippen LogP) is 3.70. The van der Waals surface area contributed by atoms with E-state index in [0.29, 0.717) is 6.42 Å². The normalized spacial score (nSPS) is 10.6. The summed E-state index contributed by atoms with van der Waals surface area (Å²) in [6, 6.07) is 2.10. The van der Waals surface area contributed by atoms with Gasteiger partial charge in [-0.25, -0.2) is 17.2 Å². The highest BCUT2D eigenvalue weighted by molar-refractivity contribution is 7.92. The van der Waals surface area contributed by atoms with E-state index in [9.17, 15) is 17.2 Å². The van der Waals surface area contributed by atoms with Gasteiger partial charge in [-0.3, -0.25) is 4.72 Å². The number of benzene rings is 1. The van der Waals surface area contributed by atoms with E-state index in [2.05, 4.69) is 4.72 Å². The van der Waals surface area contributed by atoms with Gasteiger partial charge in [0.25, 0.3) is 0 Å². The minimum atomic E-state index is -3.55. The molecule has 0 unspecified atom stereocenters. The van der Waals surface area contributed by atoms with Crippen LogP contribution in [0, 0.1) is 18.6 Å². The van der Waals surface area contributed by atoms with Crippen molar-refractivity contribution in [1.29, 1.82) is 0 Å². The molecule has 1 aromatic rings. The van der Waals surface area contributed by atoms with Crippen molar-refractivity contribution in [1.82, 2.24) is 0 Å². The molecule has 0 heterocycles. The van der Waals surface area contributed by atoms with E-state index < -0.39 is 21.7 Å². The molecule has 0 radical (unpaired) electrons. The number of rotatable bonds is 4. The summed E-state index contributed by atoms with van der Waals surface area (Å²) in [5, 5.41) is 0. The molecule has 1 rings (SSSR count). The Morgan fingerprint density at radius 3 is 2.33 bits per heavy atom. The molecule has 106 valence electrons. The Hall–Kier alpha value is -1.17. The molecule has 0 aliphatic rings. The summed E-state index contributed by atoms with van der Waals surface area (Å²) in [5.74, 6) is -1.67. The molecular weight excluding hydrogens is 260 g/mol. The van der Waals surface area contributed by atoms with Gasteiger partial charge in [-0.15, -0.1) is 0 Å². The molecule has 0 bridgehead atoms. The lowest BCUT2D eigenvalue weighted by molar-refractivity contribution is 0.569. The molecule has 0 aromatic heterocycles. The van der Waals surface area contributed by atoms with Gasteiger partial charge in [0, 0.05) is 6.99 Å². The molecule has 0 saturated carbocycles. The second kappa shape index (κ2) is 7.31. The van der Waals surface area contributed by atoms with Crippen molar-refractivity contribution in [3.8, 4) is 0 Å². The molecule has 6 heteroatoms. The van der Waals surface area contributed by atoms with Crippen molar-refractivity contribution >= 4 is 15.7 Å². The Bertz CT molecular complexity index is 493. The van der Waals surface area contributed by atoms with Crippen LogP contribution >= 0.6 is 0 Å². The zero-order valence-corrected chi connectivity index (χ0v) is 11.9. The minimum absolute atomic E-state index is 0. The lowest BCUT2D eigenvalue weighted by Gasteiger charge is -2.09. The Labute approximate surface area is 109 Å². The number of hydrogen-bond acceptors (Lipinski definition) is 2. The van der Waals surface area contributed by atoms with Gasteiger partial charge in [-0.05, 0) is 25.5 Å². The topological polar surface area (TPSA) is 46.2 Å². The highest BCUT2D eigenvalue weighted by Gasteiger charge is 2.15. The van der Waals surface area contributed by atoms with Gasteiger partial charge >= 0.3 is 0 Å². The van der Waals surface area contributed by atoms with Crippen LogP contribution in [0.15, 0.2) is 12.1 Å². The lowest BCUT2D eigenvalue weighted by Crippen LogP contribution is -2.17. The average Bonchev–Trinajstić information content (AvgIpc) is 2.32. The van der Waals surface area contributed by atoms with Crippen molar-refractivity contribution < 1.29 is 18.6 Å². The third-order valence-electron chi connectivity index (χ3n) is 2.06. The summed E-state index contributed by atoms with van der Waals surface area (Å²) in [7, 11) is -3.55. The van der Waals surface area contributed by atoms with Crippen molar-refractivity contribution in [2.24, 2.45) is 0 Å². The summed E-state index contributed by atoms with van der Waals surface area (Å²) < 4.78 is 51.2. The van der Waals surface area contributed by atoms with Crippen LogP contribution in [0.2, 0.25) is 0 Å². The first-order valence-corrected chi connectivity index (χ1v) is 7.47. The maximum Gasteiger partial charge on any atom is 0.232 e. The monoisotopic (exact) mass is 281 g/mol. The van der Waals surface area contributed by atoms with Crippen LogP contribution in [0.5, 0.6) is 0 Å². The van der Waals surface area contributed by atoms with Crippen LogP contribution in [0.1, 0.15) is 34.2 Å². The van der Waals surface area contributed by atoms with Crippen molar-refractivity contribution in [3.05, 3.63) is 29.3 Å². The summed E-state index contributed by atoms with van der Waals surface area (Å²) >= 11 is 0. The zero-order valence-electron chi connectivity index (χ0n) is 11.0. The average molecular weight is 281 g/mol. The maximum absolute atomic E-state index is 13.5. The summed E-state index contributed by atoms with van der Waals surface area (Å²) in [6.45, 7) is 6.95. The van der Waals surface area contributed by atoms with Crippen molar-refractivity contribution in [2.75, 3.05) is 10.5 Å². The third kappa shape index (κ3) is 4.60. The van der Waals surface area contributed by atoms with E-state index in [1.807, 2.05) is 13.8 Å². The molecule has 1 N–H and O–H groups in total. The quantitative estimate of drug-likeness (QED) is 0.914. The fourth-order valence-corrected chi connectivity index (χ4v) is 2.36. The molecule has 0 aliphatic carbocycles. The van der Waals surface area contributed by atoms with Crippen LogP contribution in [0.4, 0.5) is 14.5 Å². The number of nitrogens with one attached hydrogen (secondary N) is 1. The fourth-order valence-electron chi connectivity index (χ4n) is 1.23. The van der Waals surface area contributed by atoms with Crippen molar-refractivity contribution in [2.45, 2.75) is 34.1 Å². The molecule has 0 saturated heterocycles. The molecule has 3 nitrogen and oxygen atoms in total. The summed E-state index contributed by atoms with van der Waals surface area (Å²) in [5.41, 5.74) is -0.413. The number of hydrogen-bond donors (Lipinski definition) is 1. The first kappa shape index (κ1) is 16.8. The molecule has 0 spiro atoms. The van der Waals surface area contributed by atoms with E-state index in [1.54, 1.807) is 6.92 Å². The van der Waals surface area contributed by atoms with Crippen LogP contribution in [0.3, 0.4) is 0 Å². The van der Waals surface area contributed by atoms with Gasteiger partial charge in [-0.1, -0.05) is 20.8 Å². The van der Waals surface area contributed by atoms with E-state index in [4.69, 9.17) is 0 Å². The summed E-state index contributed by atoms with van der Waals surface area (Å²) in [4.78, 5) is 0. The van der Waals surface area contributed by atoms with E-state index in [-0.39, 0.29) is 18.4 Å². The number of halogens is 2. The SMILES string of the molecule is CC.CCCS(=O)(=O)Nc1ccc(F)c(C)c1F.[HH]. The van der Waals surface area contributed by atoms with Crippen LogP contribution < -0.4 is 4.72 Å². The highest BCUT2D eigenvalue weighted by Crippen LogP contribution is 2.21. The maximum atomic E-state index is 13.5. The van der Waals surface area contributed by atoms with Gasteiger partial charge in [0.2, 0.25) is 10.0 Å². The second-order valence-corrected chi connectivity index (χ2v) is 5.30. The fraction of sp³-hybridized carbons (Fsp3) is 0.500. The third-order valence-corrected chi connectivity index (χ3v) is 3.54.